The van der Waals surface area contributed by atoms with Gasteiger partial charge in [0.2, 0.25) is 5.75 Å². The number of rotatable bonds is 8. The van der Waals surface area contributed by atoms with Crippen LogP contribution in [0.4, 0.5) is 10.2 Å². The van der Waals surface area contributed by atoms with Crippen LogP contribution >= 0.6 is 0 Å². The largest absolute Gasteiger partial charge is 0.481 e. The summed E-state index contributed by atoms with van der Waals surface area (Å²) in [6, 6.07) is 14.4. The normalized spacial score (nSPS) is 13.8. The number of furan rings is 1. The minimum absolute atomic E-state index is 0.120. The molecule has 7 rings (SSSR count). The summed E-state index contributed by atoms with van der Waals surface area (Å²) in [7, 11) is 1.68. The van der Waals surface area contributed by atoms with Gasteiger partial charge in [-0.05, 0) is 43.1 Å². The molecule has 1 aliphatic rings. The van der Waals surface area contributed by atoms with E-state index in [2.05, 4.69) is 25.5 Å². The summed E-state index contributed by atoms with van der Waals surface area (Å²) in [6.07, 6.45) is 9.21. The number of hydrogen-bond acceptors (Lipinski definition) is 8. The van der Waals surface area contributed by atoms with E-state index in [0.717, 1.165) is 53.7 Å². The average Bonchev–Trinajstić information content (AvgIpc) is 3.72. The van der Waals surface area contributed by atoms with Crippen LogP contribution in [0.1, 0.15) is 41.4 Å². The van der Waals surface area contributed by atoms with Gasteiger partial charge in [0.1, 0.15) is 24.5 Å². The van der Waals surface area contributed by atoms with Gasteiger partial charge in [-0.1, -0.05) is 42.5 Å². The first-order valence-electron chi connectivity index (χ1n) is 14.9. The number of aromatic amines is 1. The second-order valence-corrected chi connectivity index (χ2v) is 11.3. The zero-order chi connectivity index (χ0) is 30.9. The van der Waals surface area contributed by atoms with Crippen LogP contribution in [-0.4, -0.2) is 37.8 Å². The molecular weight excluding hydrogens is 573 g/mol. The molecule has 0 spiro atoms. The summed E-state index contributed by atoms with van der Waals surface area (Å²) in [6.45, 7) is 1.78. The third-order valence-electron chi connectivity index (χ3n) is 8.49. The number of piperidine rings is 1. The molecule has 45 heavy (non-hydrogen) atoms. The van der Waals surface area contributed by atoms with Crippen LogP contribution in [0.3, 0.4) is 0 Å². The molecule has 1 saturated heterocycles. The number of nitrogens with two attached hydrogens (primary N) is 1. The van der Waals surface area contributed by atoms with Crippen molar-refractivity contribution < 1.29 is 13.5 Å². The predicted molar refractivity (Wildman–Crippen MR) is 169 cm³/mol. The molecule has 1 fully saturated rings. The van der Waals surface area contributed by atoms with Crippen LogP contribution in [0.2, 0.25) is 0 Å². The van der Waals surface area contributed by atoms with Crippen LogP contribution in [0, 0.1) is 5.82 Å². The fourth-order valence-electron chi connectivity index (χ4n) is 5.95. The van der Waals surface area contributed by atoms with Crippen LogP contribution in [0.25, 0.3) is 33.2 Å². The van der Waals surface area contributed by atoms with Crippen molar-refractivity contribution >= 4 is 16.8 Å². The number of ether oxygens (including phenoxy) is 1. The number of pyridine rings is 1. The first-order chi connectivity index (χ1) is 22.0. The van der Waals surface area contributed by atoms with Crippen molar-refractivity contribution in [3.8, 4) is 28.0 Å². The molecule has 2 aromatic carbocycles. The van der Waals surface area contributed by atoms with Gasteiger partial charge in [-0.3, -0.25) is 14.5 Å². The highest BCUT2D eigenvalue weighted by Gasteiger charge is 2.25. The van der Waals surface area contributed by atoms with Gasteiger partial charge >= 0.3 is 0 Å². The predicted octanol–water partition coefficient (Wildman–Crippen LogP) is 5.34. The number of hydrogen-bond donors (Lipinski definition) is 3. The summed E-state index contributed by atoms with van der Waals surface area (Å²) >= 11 is 0. The van der Waals surface area contributed by atoms with E-state index < -0.39 is 5.82 Å². The van der Waals surface area contributed by atoms with Crippen molar-refractivity contribution in [3.63, 3.8) is 0 Å². The van der Waals surface area contributed by atoms with Crippen LogP contribution in [0.5, 0.6) is 5.75 Å². The van der Waals surface area contributed by atoms with Gasteiger partial charge < -0.3 is 20.2 Å². The summed E-state index contributed by atoms with van der Waals surface area (Å²) in [5.41, 5.74) is 11.2. The average molecular weight is 606 g/mol. The maximum absolute atomic E-state index is 15.4. The molecule has 0 radical (unpaired) electrons. The van der Waals surface area contributed by atoms with Crippen molar-refractivity contribution in [2.45, 2.75) is 31.8 Å². The Hall–Kier alpha value is -5.29. The zero-order valence-electron chi connectivity index (χ0n) is 24.7. The van der Waals surface area contributed by atoms with Gasteiger partial charge in [0.15, 0.2) is 11.4 Å². The first kappa shape index (κ1) is 28.5. The molecule has 0 bridgehead atoms. The maximum Gasteiger partial charge on any atom is 0.261 e. The SMILES string of the molecule is Cn1c(Cc2ccccc2)ncc(-c2ccc(COc3c(N)ncc4c(-c5c[nH]nc5C5CCNCC5)coc34)c(F)c2)c1=O. The van der Waals surface area contributed by atoms with E-state index in [0.29, 0.717) is 34.9 Å². The lowest BCUT2D eigenvalue weighted by atomic mass is 9.90. The van der Waals surface area contributed by atoms with Crippen molar-refractivity contribution in [2.24, 2.45) is 7.05 Å². The highest BCUT2D eigenvalue weighted by molar-refractivity contribution is 5.98. The highest BCUT2D eigenvalue weighted by Crippen LogP contribution is 2.41. The fourth-order valence-corrected chi connectivity index (χ4v) is 5.95. The Balaban J connectivity index is 1.12. The first-order valence-corrected chi connectivity index (χ1v) is 14.9. The molecule has 5 heterocycles. The number of benzene rings is 2. The molecule has 10 nitrogen and oxygen atoms in total. The number of nitrogen functional groups attached to an aromatic ring is 1. The van der Waals surface area contributed by atoms with E-state index >= 15 is 4.39 Å². The summed E-state index contributed by atoms with van der Waals surface area (Å²) < 4.78 is 28.9. The second-order valence-electron chi connectivity index (χ2n) is 11.3. The van der Waals surface area contributed by atoms with Gasteiger partial charge in [-0.25, -0.2) is 14.4 Å². The lowest BCUT2D eigenvalue weighted by Crippen LogP contribution is -2.27. The maximum atomic E-state index is 15.4. The molecule has 11 heteroatoms. The standard InChI is InChI=1S/C34H32FN7O3/c1-42-29(13-20-5-3-2-4-6-20)38-15-24(34(42)43)22-7-8-23(28(35)14-22)18-44-32-31-26(16-39-33(32)36)27(19-45-31)25-17-40-41-30(25)21-9-11-37-12-10-21/h2-8,14-17,19,21,37H,9-13,18H2,1H3,(H2,36,39)(H,40,41). The molecular formula is C34H32FN7O3. The number of anilines is 1. The molecule has 0 atom stereocenters. The van der Waals surface area contributed by atoms with Gasteiger partial charge in [-0.15, -0.1) is 0 Å². The van der Waals surface area contributed by atoms with Crippen LogP contribution in [0.15, 0.2) is 82.6 Å². The Morgan fingerprint density at radius 2 is 1.89 bits per heavy atom. The van der Waals surface area contributed by atoms with Gasteiger partial charge in [0.25, 0.3) is 5.56 Å². The molecule has 4 aromatic heterocycles. The van der Waals surface area contributed by atoms with E-state index in [1.54, 1.807) is 31.6 Å². The number of halogens is 1. The Morgan fingerprint density at radius 1 is 1.07 bits per heavy atom. The smallest absolute Gasteiger partial charge is 0.261 e. The van der Waals surface area contributed by atoms with Crippen molar-refractivity contribution in [1.82, 2.24) is 30.0 Å². The Bertz CT molecular complexity index is 2040. The quantitative estimate of drug-likeness (QED) is 0.212. The Labute approximate surface area is 258 Å². The molecule has 0 amide bonds. The number of nitrogens with zero attached hydrogens (tertiary/aromatic N) is 4. The summed E-state index contributed by atoms with van der Waals surface area (Å²) in [5.74, 6) is 0.811. The molecule has 4 N–H and O–H groups in total. The number of aromatic nitrogens is 5. The molecule has 1 aliphatic heterocycles. The Morgan fingerprint density at radius 3 is 2.69 bits per heavy atom. The van der Waals surface area contributed by atoms with E-state index in [9.17, 15) is 4.79 Å². The van der Waals surface area contributed by atoms with Crippen molar-refractivity contribution in [3.05, 3.63) is 112 Å². The summed E-state index contributed by atoms with van der Waals surface area (Å²) in [5, 5.41) is 11.7. The van der Waals surface area contributed by atoms with E-state index in [4.69, 9.17) is 14.9 Å². The fraction of sp³-hybridized carbons (Fsp3) is 0.235. The molecule has 228 valence electrons. The monoisotopic (exact) mass is 605 g/mol. The van der Waals surface area contributed by atoms with Gasteiger partial charge in [0, 0.05) is 54.7 Å². The lowest BCUT2D eigenvalue weighted by Gasteiger charge is -2.21. The van der Waals surface area contributed by atoms with E-state index in [1.165, 1.54) is 16.8 Å². The highest BCUT2D eigenvalue weighted by atomic mass is 19.1. The topological polar surface area (TPSA) is 137 Å². The van der Waals surface area contributed by atoms with E-state index in [-0.39, 0.29) is 29.3 Å². The Kier molecular flexibility index (Phi) is 7.60. The third kappa shape index (κ3) is 5.46. The van der Waals surface area contributed by atoms with Crippen LogP contribution < -0.4 is 21.3 Å². The molecule has 6 aromatic rings. The molecule has 0 saturated carbocycles. The number of H-pyrrole nitrogens is 1. The second kappa shape index (κ2) is 12.0. The third-order valence-corrected chi connectivity index (χ3v) is 8.49. The molecule has 0 aliphatic carbocycles. The molecule has 0 unspecified atom stereocenters. The van der Waals surface area contributed by atoms with Crippen molar-refractivity contribution in [2.75, 3.05) is 18.8 Å². The minimum Gasteiger partial charge on any atom is -0.481 e. The minimum atomic E-state index is -0.522. The number of nitrogens with one attached hydrogen (secondary N) is 2. The van der Waals surface area contributed by atoms with Crippen LogP contribution in [-0.2, 0) is 20.1 Å². The van der Waals surface area contributed by atoms with Gasteiger partial charge in [0.05, 0.1) is 16.6 Å². The lowest BCUT2D eigenvalue weighted by molar-refractivity contribution is 0.300. The summed E-state index contributed by atoms with van der Waals surface area (Å²) in [4.78, 5) is 22.0. The van der Waals surface area contributed by atoms with E-state index in [1.807, 2.05) is 36.5 Å². The van der Waals surface area contributed by atoms with Gasteiger partial charge in [-0.2, -0.15) is 5.10 Å². The zero-order valence-corrected chi connectivity index (χ0v) is 24.7. The number of fused-ring (bicyclic) bond motifs is 1. The van der Waals surface area contributed by atoms with Crippen molar-refractivity contribution in [1.29, 1.82) is 0 Å².